The molecule has 0 unspecified atom stereocenters. The van der Waals surface area contributed by atoms with E-state index in [2.05, 4.69) is 252 Å². The molecule has 0 saturated carbocycles. The van der Waals surface area contributed by atoms with Crippen LogP contribution in [0, 0.1) is 0 Å². The van der Waals surface area contributed by atoms with Crippen LogP contribution in [0.3, 0.4) is 0 Å². The summed E-state index contributed by atoms with van der Waals surface area (Å²) in [5.74, 6) is 0. The maximum Gasteiger partial charge on any atom is 0.0468 e. The Labute approximate surface area is 377 Å². The molecule has 0 heterocycles. The SMILES string of the molecule is c1ccc(-c2ccc(N(c3ccc(-c4ccccc4)cc3)c3ccc(-c4ccc(N(c5ccccc5)c5ccc6c7c(ccc6c5)-c5ccccc5CCCC7)cc4)cc3)cc2)cc1. The van der Waals surface area contributed by atoms with Gasteiger partial charge >= 0.3 is 0 Å². The first-order valence-electron chi connectivity index (χ1n) is 22.5. The molecule has 11 rings (SSSR count). The molecule has 0 bridgehead atoms. The van der Waals surface area contributed by atoms with Crippen LogP contribution < -0.4 is 9.80 Å². The van der Waals surface area contributed by atoms with Crippen molar-refractivity contribution in [2.75, 3.05) is 9.80 Å². The lowest BCUT2D eigenvalue weighted by molar-refractivity contribution is 0.732. The predicted octanol–water partition coefficient (Wildman–Crippen LogP) is 17.3. The summed E-state index contributed by atoms with van der Waals surface area (Å²) in [4.78, 5) is 4.72. The van der Waals surface area contributed by atoms with Crippen molar-refractivity contribution in [2.45, 2.75) is 25.7 Å². The van der Waals surface area contributed by atoms with Gasteiger partial charge in [0.15, 0.2) is 0 Å². The van der Waals surface area contributed by atoms with E-state index in [9.17, 15) is 0 Å². The summed E-state index contributed by atoms with van der Waals surface area (Å²) in [7, 11) is 0. The van der Waals surface area contributed by atoms with Crippen LogP contribution in [0.2, 0.25) is 0 Å². The summed E-state index contributed by atoms with van der Waals surface area (Å²) < 4.78 is 0. The first kappa shape index (κ1) is 38.9. The number of aryl methyl sites for hydroxylation is 2. The van der Waals surface area contributed by atoms with Crippen LogP contribution in [-0.2, 0) is 12.8 Å². The molecule has 0 aliphatic heterocycles. The van der Waals surface area contributed by atoms with Crippen molar-refractivity contribution in [3.05, 3.63) is 254 Å². The quantitative estimate of drug-likeness (QED) is 0.143. The van der Waals surface area contributed by atoms with Gasteiger partial charge in [0.25, 0.3) is 0 Å². The lowest BCUT2D eigenvalue weighted by Gasteiger charge is -2.27. The minimum Gasteiger partial charge on any atom is -0.311 e. The molecule has 0 N–H and O–H groups in total. The van der Waals surface area contributed by atoms with E-state index in [0.717, 1.165) is 47.0 Å². The molecule has 2 nitrogen and oxygen atoms in total. The first-order chi connectivity index (χ1) is 31.7. The standard InChI is InChI=1S/C62H48N2/c1-4-14-45(15-5-1)47-24-33-54(34-25-47)63(55-35-26-48(27-36-55)46-16-6-2-7-17-46)56-37-28-49(29-38-56)50-30-39-57(40-31-50)64(53-20-8-3-9-21-53)58-41-43-60-52(44-58)32-42-62-59-22-12-10-18-51(59)19-11-13-23-61(60)62/h1-10,12,14-18,20-22,24-44H,11,13,19,23H2. The van der Waals surface area contributed by atoms with Gasteiger partial charge in [-0.2, -0.15) is 0 Å². The summed E-state index contributed by atoms with van der Waals surface area (Å²) in [5, 5.41) is 2.64. The van der Waals surface area contributed by atoms with Gasteiger partial charge in [-0.05, 0) is 165 Å². The van der Waals surface area contributed by atoms with Gasteiger partial charge in [-0.1, -0.05) is 170 Å². The van der Waals surface area contributed by atoms with Crippen LogP contribution in [0.4, 0.5) is 34.1 Å². The van der Waals surface area contributed by atoms with Gasteiger partial charge in [-0.25, -0.2) is 0 Å². The van der Waals surface area contributed by atoms with Crippen molar-refractivity contribution in [3.63, 3.8) is 0 Å². The van der Waals surface area contributed by atoms with Crippen LogP contribution in [0.1, 0.15) is 24.0 Å². The summed E-state index contributed by atoms with van der Waals surface area (Å²) in [6.45, 7) is 0. The fourth-order valence-corrected chi connectivity index (χ4v) is 9.61. The highest BCUT2D eigenvalue weighted by atomic mass is 15.1. The van der Waals surface area contributed by atoms with Gasteiger partial charge in [0.05, 0.1) is 0 Å². The van der Waals surface area contributed by atoms with Gasteiger partial charge in [0, 0.05) is 34.1 Å². The summed E-state index contributed by atoms with van der Waals surface area (Å²) >= 11 is 0. The Bertz CT molecular complexity index is 3070. The van der Waals surface area contributed by atoms with Crippen molar-refractivity contribution in [1.82, 2.24) is 0 Å². The number of rotatable bonds is 9. The van der Waals surface area contributed by atoms with E-state index in [-0.39, 0.29) is 0 Å². The van der Waals surface area contributed by atoms with Gasteiger partial charge < -0.3 is 9.80 Å². The highest BCUT2D eigenvalue weighted by Crippen LogP contribution is 2.42. The molecule has 10 aromatic rings. The largest absolute Gasteiger partial charge is 0.311 e. The fourth-order valence-electron chi connectivity index (χ4n) is 9.61. The molecule has 306 valence electrons. The lowest BCUT2D eigenvalue weighted by Crippen LogP contribution is -2.10. The molecule has 64 heavy (non-hydrogen) atoms. The maximum atomic E-state index is 2.38. The van der Waals surface area contributed by atoms with E-state index in [4.69, 9.17) is 0 Å². The van der Waals surface area contributed by atoms with Crippen molar-refractivity contribution >= 4 is 44.9 Å². The van der Waals surface area contributed by atoms with Crippen LogP contribution in [-0.4, -0.2) is 0 Å². The Morgan fingerprint density at radius 1 is 0.266 bits per heavy atom. The molecule has 1 aliphatic rings. The van der Waals surface area contributed by atoms with E-state index in [1.807, 2.05) is 0 Å². The topological polar surface area (TPSA) is 6.48 Å². The zero-order valence-electron chi connectivity index (χ0n) is 35.8. The summed E-state index contributed by atoms with van der Waals surface area (Å²) in [6, 6.07) is 88.4. The smallest absolute Gasteiger partial charge is 0.0468 e. The fraction of sp³-hybridized carbons (Fsp3) is 0.0645. The third kappa shape index (κ3) is 7.76. The van der Waals surface area contributed by atoms with E-state index in [0.29, 0.717) is 0 Å². The number of benzene rings is 10. The summed E-state index contributed by atoms with van der Waals surface area (Å²) in [5.41, 5.74) is 19.6. The van der Waals surface area contributed by atoms with Crippen LogP contribution in [0.5, 0.6) is 0 Å². The molecular formula is C62H48N2. The number of fused-ring (bicyclic) bond motifs is 5. The van der Waals surface area contributed by atoms with Crippen molar-refractivity contribution in [2.24, 2.45) is 0 Å². The van der Waals surface area contributed by atoms with Crippen molar-refractivity contribution < 1.29 is 0 Å². The van der Waals surface area contributed by atoms with E-state index >= 15 is 0 Å². The molecule has 10 aromatic carbocycles. The second kappa shape index (κ2) is 17.4. The number of anilines is 6. The molecule has 1 aliphatic carbocycles. The maximum absolute atomic E-state index is 2.38. The second-order valence-electron chi connectivity index (χ2n) is 16.8. The average molecular weight is 821 g/mol. The van der Waals surface area contributed by atoms with Gasteiger partial charge in [-0.15, -0.1) is 0 Å². The molecule has 0 amide bonds. The summed E-state index contributed by atoms with van der Waals surface area (Å²) in [6.07, 6.45) is 4.68. The highest BCUT2D eigenvalue weighted by molar-refractivity contribution is 5.96. The van der Waals surface area contributed by atoms with Crippen LogP contribution >= 0.6 is 0 Å². The second-order valence-corrected chi connectivity index (χ2v) is 16.8. The minimum absolute atomic E-state index is 1.10. The average Bonchev–Trinajstić information content (AvgIpc) is 3.36. The lowest BCUT2D eigenvalue weighted by atomic mass is 9.85. The number of nitrogens with zero attached hydrogens (tertiary/aromatic N) is 2. The molecule has 0 atom stereocenters. The van der Waals surface area contributed by atoms with Crippen molar-refractivity contribution in [1.29, 1.82) is 0 Å². The third-order valence-electron chi connectivity index (χ3n) is 12.9. The number of para-hydroxylation sites is 1. The van der Waals surface area contributed by atoms with Crippen LogP contribution in [0.25, 0.3) is 55.3 Å². The van der Waals surface area contributed by atoms with Crippen molar-refractivity contribution in [3.8, 4) is 44.5 Å². The zero-order chi connectivity index (χ0) is 42.7. The third-order valence-corrected chi connectivity index (χ3v) is 12.9. The zero-order valence-corrected chi connectivity index (χ0v) is 35.8. The molecule has 0 fully saturated rings. The van der Waals surface area contributed by atoms with Crippen LogP contribution in [0.15, 0.2) is 243 Å². The molecule has 2 heteroatoms. The Kier molecular flexibility index (Phi) is 10.6. The molecule has 0 radical (unpaired) electrons. The van der Waals surface area contributed by atoms with E-state index in [1.165, 1.54) is 79.2 Å². The Balaban J connectivity index is 0.908. The number of hydrogen-bond acceptors (Lipinski definition) is 2. The Morgan fingerprint density at radius 2 is 0.656 bits per heavy atom. The molecular weight excluding hydrogens is 773 g/mol. The molecule has 0 spiro atoms. The molecule has 0 aromatic heterocycles. The van der Waals surface area contributed by atoms with Gasteiger partial charge in [0.1, 0.15) is 0 Å². The Hall–Kier alpha value is -7.94. The monoisotopic (exact) mass is 820 g/mol. The van der Waals surface area contributed by atoms with Gasteiger partial charge in [0.2, 0.25) is 0 Å². The van der Waals surface area contributed by atoms with E-state index < -0.39 is 0 Å². The van der Waals surface area contributed by atoms with Gasteiger partial charge in [-0.3, -0.25) is 0 Å². The Morgan fingerprint density at radius 3 is 1.17 bits per heavy atom. The number of hydrogen-bond donors (Lipinski definition) is 0. The normalized spacial score (nSPS) is 12.1. The van der Waals surface area contributed by atoms with E-state index in [1.54, 1.807) is 0 Å². The molecule has 0 saturated heterocycles. The minimum atomic E-state index is 1.10. The predicted molar refractivity (Wildman–Crippen MR) is 272 cm³/mol. The first-order valence-corrected chi connectivity index (χ1v) is 22.5. The highest BCUT2D eigenvalue weighted by Gasteiger charge is 2.19.